The maximum atomic E-state index is 11.0. The van der Waals surface area contributed by atoms with E-state index in [1.54, 1.807) is 69.3 Å². The van der Waals surface area contributed by atoms with Gasteiger partial charge in [0.05, 0.1) is 53.2 Å². The van der Waals surface area contributed by atoms with E-state index < -0.39 is 24.4 Å². The molecule has 0 radical (unpaired) electrons. The van der Waals surface area contributed by atoms with Crippen LogP contribution in [-0.2, 0) is 170 Å². The van der Waals surface area contributed by atoms with Gasteiger partial charge in [-0.2, -0.15) is 19.2 Å². The maximum Gasteiger partial charge on any atom is 1.00 e. The molecule has 604 valence electrons. The number of carboxylic acids is 1. The van der Waals surface area contributed by atoms with Gasteiger partial charge in [0, 0.05) is 127 Å². The Kier molecular flexibility index (Phi) is 71.7. The number of carbonyl (C=O) groups is 7. The van der Waals surface area contributed by atoms with E-state index in [-0.39, 0.29) is 124 Å². The van der Waals surface area contributed by atoms with E-state index in [2.05, 4.69) is 23.3 Å². The van der Waals surface area contributed by atoms with Crippen molar-refractivity contribution in [2.24, 2.45) is 0 Å². The van der Waals surface area contributed by atoms with Gasteiger partial charge in [0.1, 0.15) is 44.2 Å². The molecule has 0 saturated heterocycles. The molecule has 0 atom stereocenters. The molecule has 0 heterocycles. The lowest BCUT2D eigenvalue weighted by atomic mass is 10.1. The van der Waals surface area contributed by atoms with Crippen molar-refractivity contribution in [2.45, 2.75) is 142 Å². The minimum Gasteiger partial charge on any atom is -0.481 e. The number of carboxylic acid groups (broad SMARTS) is 2. The number of hydrogen-bond donors (Lipinski definition) is 7. The van der Waals surface area contributed by atoms with Gasteiger partial charge in [0.15, 0.2) is 13.2 Å². The van der Waals surface area contributed by atoms with Crippen molar-refractivity contribution in [3.05, 3.63) is 269 Å². The van der Waals surface area contributed by atoms with Crippen molar-refractivity contribution in [3.63, 3.8) is 0 Å². The summed E-state index contributed by atoms with van der Waals surface area (Å²) < 4.78 is 47.4. The molecule has 0 spiro atoms. The van der Waals surface area contributed by atoms with Crippen molar-refractivity contribution < 1.29 is 154 Å². The summed E-state index contributed by atoms with van der Waals surface area (Å²) in [7, 11) is 0. The quantitative estimate of drug-likeness (QED) is 0.0143. The molecule has 111 heavy (non-hydrogen) atoms. The molecule has 0 aromatic heterocycles. The highest BCUT2D eigenvalue weighted by Gasteiger charge is 2.13. The van der Waals surface area contributed by atoms with E-state index in [4.69, 9.17) is 107 Å². The molecule has 0 fully saturated rings. The molecule has 31 heteroatoms. The number of aliphatic carboxylic acids is 1. The second-order valence-electron chi connectivity index (χ2n) is 20.8. The Labute approximate surface area is 648 Å². The Bertz CT molecular complexity index is 3500. The zero-order valence-electron chi connectivity index (χ0n) is 65.8. The summed E-state index contributed by atoms with van der Waals surface area (Å²) in [5.74, 6) is -2.03. The normalized spacial score (nSPS) is 8.85. The highest BCUT2D eigenvalue weighted by atomic mass is 16.7. The standard InChI is InChI=1S/2C13H16O5.2C10H12O3.C10H11O2.C8H10O2.C8H9O.C3H6O3.C2H4O2.2CO2.CH3.H2O/c2*1-3-16-13(15)18-9-12-6-4-11(5-7-12)8-17-10(2)14;2*1-8(12)13-7-10-4-2-9(6-11)3-5-10;1-8-3-5-10(6-4-8)7-12-9(2)11;9-5-7-1-2-8(6-10)4-3-7;1-7-2-4-8(6-9)5-3-7;1-2-6-3(4)5;1-2(3)4;2*2-1-3;;/h2*4-7H,3,8-9H2,1-2H3;2*2-5,11H,6-7H2,1H3;3-6H,1,7H2,2H3;1-4,9-10H,5-6H2;2-5,9H,1,6H2;2H2,1H3,(H,4,5);1H3,(H,3,4);;;1H3;1H2/q;;;;+1;;+1;;;;;+1;/p+4. The van der Waals surface area contributed by atoms with Crippen LogP contribution in [0.2, 0.25) is 0 Å². The zero-order chi connectivity index (χ0) is 83.2. The maximum absolute atomic E-state index is 11.0. The molecule has 0 aliphatic carbocycles. The van der Waals surface area contributed by atoms with Crippen LogP contribution >= 0.6 is 0 Å². The van der Waals surface area contributed by atoms with Crippen LogP contribution in [0.1, 0.15) is 143 Å². The predicted octanol–water partition coefficient (Wildman–Crippen LogP) is 10.1. The van der Waals surface area contributed by atoms with Crippen LogP contribution in [0.5, 0.6) is 0 Å². The van der Waals surface area contributed by atoms with Crippen molar-refractivity contribution in [2.75, 3.05) is 19.8 Å². The summed E-state index contributed by atoms with van der Waals surface area (Å²) in [6.45, 7) is 23.7. The summed E-state index contributed by atoms with van der Waals surface area (Å²) in [6.07, 6.45) is -1.82. The number of hydrogen-bond acceptors (Lipinski definition) is 26. The van der Waals surface area contributed by atoms with E-state index in [0.717, 1.165) is 84.8 Å². The molecule has 0 amide bonds. The third kappa shape index (κ3) is 71.3. The van der Waals surface area contributed by atoms with E-state index in [1.165, 1.54) is 34.6 Å². The predicted molar refractivity (Wildman–Crippen MR) is 403 cm³/mol. The summed E-state index contributed by atoms with van der Waals surface area (Å²) >= 11 is 0. The molecule has 7 aromatic carbocycles. The molecule has 0 saturated carbocycles. The summed E-state index contributed by atoms with van der Waals surface area (Å²) in [6, 6.07) is 51.4. The van der Waals surface area contributed by atoms with Gasteiger partial charge < -0.3 is 98.2 Å². The second kappa shape index (κ2) is 72.8. The minimum absolute atomic E-state index is 0. The summed E-state index contributed by atoms with van der Waals surface area (Å²) in [5, 5.41) is 58.5. The number of aliphatic hydroxyl groups excluding tert-OH is 5. The molecule has 0 bridgehead atoms. The van der Waals surface area contributed by atoms with E-state index in [9.17, 15) is 28.8 Å². The molecular formula is C80H105O31+7. The number of esters is 5. The Morgan fingerprint density at radius 1 is 0.324 bits per heavy atom. The molecular weight excluding hydrogens is 1460 g/mol. The highest BCUT2D eigenvalue weighted by Crippen LogP contribution is 2.12. The van der Waals surface area contributed by atoms with Crippen molar-refractivity contribution >= 4 is 66.6 Å². The first kappa shape index (κ1) is 109. The molecule has 0 aliphatic rings. The SMILES string of the molecule is CC(=O)O.CC(=O)OCc1ccc(CO)cc1.CC(=[OH+])OCc1ccc(CO)cc1.CCOC(=O)O.CCOC(=O)OCc1ccc(COC(C)=O)cc1.CCOC(=[OH+])OCc1ccc(COC(C)=O)cc1.O.O=C=O.O=C=O.OCc1ccc(CO)cc1.[CH2+]c1ccc(CO)cc1.[CH2+]c1ccc(COC(C)=O)cc1.[CH3+].[H+].[H+]. The Balaban J connectivity index is -0.000000184. The smallest absolute Gasteiger partial charge is 0.481 e. The lowest BCUT2D eigenvalue weighted by Crippen LogP contribution is -2.09. The number of aliphatic hydroxyl groups is 5. The van der Waals surface area contributed by atoms with Crippen LogP contribution in [0.25, 0.3) is 0 Å². The van der Waals surface area contributed by atoms with Crippen molar-refractivity contribution in [3.8, 4) is 0 Å². The third-order valence-electron chi connectivity index (χ3n) is 11.8. The Morgan fingerprint density at radius 2 is 0.505 bits per heavy atom. The Hall–Kier alpha value is -12.7. The topological polar surface area (TPSA) is 496 Å². The van der Waals surface area contributed by atoms with Gasteiger partial charge in [-0.25, -0.2) is 9.59 Å². The molecule has 7 rings (SSSR count). The molecule has 31 nitrogen and oxygen atoms in total. The average molecular weight is 1560 g/mol. The fourth-order valence-electron chi connectivity index (χ4n) is 6.64. The molecule has 7 aromatic rings. The Morgan fingerprint density at radius 3 is 0.685 bits per heavy atom. The molecule has 0 unspecified atom stereocenters. The van der Waals surface area contributed by atoms with Gasteiger partial charge in [-0.3, -0.25) is 24.0 Å². The molecule has 11 N–H and O–H groups in total. The van der Waals surface area contributed by atoms with Crippen LogP contribution in [0.15, 0.2) is 170 Å². The fraction of sp³-hybridized carbons (Fsp3) is 0.300. The summed E-state index contributed by atoms with van der Waals surface area (Å²) in [4.78, 5) is 122. The third-order valence-corrected chi connectivity index (χ3v) is 11.8. The number of ether oxygens (including phenoxy) is 10. The highest BCUT2D eigenvalue weighted by molar-refractivity contribution is 5.68. The molecule has 0 aliphatic heterocycles. The first-order chi connectivity index (χ1) is 51.9. The van der Waals surface area contributed by atoms with Gasteiger partial charge in [-0.15, -0.1) is 0 Å². The average Bonchev–Trinajstić information content (AvgIpc) is 1.02. The van der Waals surface area contributed by atoms with Crippen molar-refractivity contribution in [1.82, 2.24) is 0 Å². The van der Waals surface area contributed by atoms with Crippen LogP contribution in [-0.4, -0.2) is 137 Å². The first-order valence-corrected chi connectivity index (χ1v) is 32.5. The van der Waals surface area contributed by atoms with Gasteiger partial charge in [-0.05, 0) is 65.3 Å². The lowest BCUT2D eigenvalue weighted by Gasteiger charge is -2.06. The number of carbonyl (C=O) groups excluding carboxylic acids is 11. The lowest BCUT2D eigenvalue weighted by molar-refractivity contribution is -0.193. The first-order valence-electron chi connectivity index (χ1n) is 32.5. The summed E-state index contributed by atoms with van der Waals surface area (Å²) in [5.41, 5.74) is 12.7. The number of rotatable bonds is 22. The monoisotopic (exact) mass is 1560 g/mol. The van der Waals surface area contributed by atoms with Crippen LogP contribution in [0.4, 0.5) is 9.59 Å². The van der Waals surface area contributed by atoms with Gasteiger partial charge in [0.2, 0.25) is 6.61 Å². The van der Waals surface area contributed by atoms with Crippen LogP contribution in [0.3, 0.4) is 0 Å². The van der Waals surface area contributed by atoms with Gasteiger partial charge in [-0.1, -0.05) is 121 Å². The van der Waals surface area contributed by atoms with Crippen LogP contribution in [0, 0.1) is 21.3 Å². The second-order valence-corrected chi connectivity index (χ2v) is 20.8. The zero-order valence-corrected chi connectivity index (χ0v) is 63.8. The van der Waals surface area contributed by atoms with E-state index >= 15 is 0 Å². The number of benzene rings is 7. The van der Waals surface area contributed by atoms with Gasteiger partial charge in [0.25, 0.3) is 5.97 Å². The fourth-order valence-corrected chi connectivity index (χ4v) is 6.64. The van der Waals surface area contributed by atoms with E-state index in [1.807, 2.05) is 121 Å². The minimum atomic E-state index is -1.21. The van der Waals surface area contributed by atoms with Gasteiger partial charge >= 0.3 is 63.5 Å². The van der Waals surface area contributed by atoms with E-state index in [0.29, 0.717) is 33.0 Å². The largest absolute Gasteiger partial charge is 1.00 e. The van der Waals surface area contributed by atoms with Crippen molar-refractivity contribution in [1.29, 1.82) is 0 Å². The van der Waals surface area contributed by atoms with Crippen LogP contribution < -0.4 is 0 Å².